The summed E-state index contributed by atoms with van der Waals surface area (Å²) in [5.41, 5.74) is 3.20. The molecule has 0 aliphatic rings. The molecule has 3 heteroatoms. The molecule has 66 valence electrons. The summed E-state index contributed by atoms with van der Waals surface area (Å²) in [6.45, 7) is 3.94. The Balaban J connectivity index is 2.46. The number of nitrogens with one attached hydrogen (secondary N) is 1. The van der Waals surface area contributed by atoms with Crippen molar-refractivity contribution in [3.63, 3.8) is 0 Å². The van der Waals surface area contributed by atoms with Crippen LogP contribution < -0.4 is 0 Å². The quantitative estimate of drug-likeness (QED) is 0.717. The van der Waals surface area contributed by atoms with Gasteiger partial charge in [-0.3, -0.25) is 0 Å². The second-order valence-corrected chi connectivity index (χ2v) is 3.08. The van der Waals surface area contributed by atoms with Crippen LogP contribution in [0.2, 0.25) is 0 Å². The van der Waals surface area contributed by atoms with Gasteiger partial charge < -0.3 is 4.98 Å². The van der Waals surface area contributed by atoms with Crippen molar-refractivity contribution in [2.75, 3.05) is 0 Å². The minimum absolute atomic E-state index is 0.796. The van der Waals surface area contributed by atoms with Crippen LogP contribution >= 0.6 is 0 Å². The molecule has 0 spiro atoms. The lowest BCUT2D eigenvalue weighted by atomic mass is 10.2. The van der Waals surface area contributed by atoms with Gasteiger partial charge in [-0.05, 0) is 31.5 Å². The molecule has 0 atom stereocenters. The maximum absolute atomic E-state index is 4.31. The highest BCUT2D eigenvalue weighted by Gasteiger charge is 2.00. The number of aromatic amines is 1. The molecular weight excluding hydrogens is 162 g/mol. The number of hydrogen-bond donors (Lipinski definition) is 1. The van der Waals surface area contributed by atoms with E-state index in [0.29, 0.717) is 0 Å². The van der Waals surface area contributed by atoms with Gasteiger partial charge in [0, 0.05) is 12.4 Å². The summed E-state index contributed by atoms with van der Waals surface area (Å²) in [5.74, 6) is 0.796. The van der Waals surface area contributed by atoms with Gasteiger partial charge in [0.05, 0.1) is 11.4 Å². The molecule has 0 radical (unpaired) electrons. The van der Waals surface area contributed by atoms with Crippen LogP contribution in [-0.2, 0) is 0 Å². The number of aryl methyl sites for hydroxylation is 2. The Hall–Kier alpha value is -1.64. The third-order valence-corrected chi connectivity index (χ3v) is 1.88. The average molecular weight is 173 g/mol. The second kappa shape index (κ2) is 3.01. The average Bonchev–Trinajstić information content (AvgIpc) is 2.52. The first-order chi connectivity index (χ1) is 6.25. The van der Waals surface area contributed by atoms with E-state index in [1.165, 1.54) is 5.56 Å². The largest absolute Gasteiger partial charge is 0.360 e. The van der Waals surface area contributed by atoms with Crippen LogP contribution in [0.4, 0.5) is 0 Å². The Morgan fingerprint density at radius 3 is 2.77 bits per heavy atom. The molecule has 0 amide bonds. The van der Waals surface area contributed by atoms with Crippen molar-refractivity contribution in [1.29, 1.82) is 0 Å². The maximum Gasteiger partial charge on any atom is 0.125 e. The highest BCUT2D eigenvalue weighted by atomic mass is 14.9. The summed E-state index contributed by atoms with van der Waals surface area (Å²) in [4.78, 5) is 11.5. The fraction of sp³-hybridized carbons (Fsp3) is 0.200. The molecule has 13 heavy (non-hydrogen) atoms. The smallest absolute Gasteiger partial charge is 0.125 e. The van der Waals surface area contributed by atoms with Gasteiger partial charge in [-0.1, -0.05) is 0 Å². The SMILES string of the molecule is Cc1c[nH]c(-c2ccnc(C)n2)c1. The minimum atomic E-state index is 0.796. The number of hydrogen-bond acceptors (Lipinski definition) is 2. The normalized spacial score (nSPS) is 10.3. The van der Waals surface area contributed by atoms with E-state index in [4.69, 9.17) is 0 Å². The lowest BCUT2D eigenvalue weighted by molar-refractivity contribution is 1.05. The zero-order valence-electron chi connectivity index (χ0n) is 7.70. The molecular formula is C10H11N3. The second-order valence-electron chi connectivity index (χ2n) is 3.08. The molecule has 0 aromatic carbocycles. The predicted octanol–water partition coefficient (Wildman–Crippen LogP) is 2.09. The van der Waals surface area contributed by atoms with Crippen molar-refractivity contribution in [1.82, 2.24) is 15.0 Å². The van der Waals surface area contributed by atoms with E-state index in [9.17, 15) is 0 Å². The van der Waals surface area contributed by atoms with Gasteiger partial charge in [0.15, 0.2) is 0 Å². The van der Waals surface area contributed by atoms with Crippen molar-refractivity contribution >= 4 is 0 Å². The van der Waals surface area contributed by atoms with Gasteiger partial charge in [-0.2, -0.15) is 0 Å². The van der Waals surface area contributed by atoms with Gasteiger partial charge in [-0.15, -0.1) is 0 Å². The molecule has 2 heterocycles. The van der Waals surface area contributed by atoms with Gasteiger partial charge in [0.1, 0.15) is 5.82 Å². The lowest BCUT2D eigenvalue weighted by Gasteiger charge is -1.96. The summed E-state index contributed by atoms with van der Waals surface area (Å²) in [6.07, 6.45) is 3.74. The van der Waals surface area contributed by atoms with E-state index in [-0.39, 0.29) is 0 Å². The summed E-state index contributed by atoms with van der Waals surface area (Å²) in [7, 11) is 0. The van der Waals surface area contributed by atoms with Gasteiger partial charge in [-0.25, -0.2) is 9.97 Å². The molecule has 2 rings (SSSR count). The van der Waals surface area contributed by atoms with Crippen molar-refractivity contribution in [3.05, 3.63) is 35.9 Å². The van der Waals surface area contributed by atoms with Gasteiger partial charge in [0.2, 0.25) is 0 Å². The molecule has 1 N–H and O–H groups in total. The molecule has 0 aliphatic carbocycles. The lowest BCUT2D eigenvalue weighted by Crippen LogP contribution is -1.89. The molecule has 3 nitrogen and oxygen atoms in total. The van der Waals surface area contributed by atoms with E-state index < -0.39 is 0 Å². The van der Waals surface area contributed by atoms with Gasteiger partial charge >= 0.3 is 0 Å². The Morgan fingerprint density at radius 1 is 1.31 bits per heavy atom. The third-order valence-electron chi connectivity index (χ3n) is 1.88. The number of aromatic nitrogens is 3. The monoisotopic (exact) mass is 173 g/mol. The zero-order valence-corrected chi connectivity index (χ0v) is 7.70. The molecule has 0 unspecified atom stereocenters. The fourth-order valence-corrected chi connectivity index (χ4v) is 1.26. The van der Waals surface area contributed by atoms with Crippen molar-refractivity contribution in [2.45, 2.75) is 13.8 Å². The van der Waals surface area contributed by atoms with Crippen LogP contribution in [0.1, 0.15) is 11.4 Å². The zero-order chi connectivity index (χ0) is 9.26. The molecule has 0 saturated carbocycles. The third kappa shape index (κ3) is 1.59. The van der Waals surface area contributed by atoms with Crippen molar-refractivity contribution < 1.29 is 0 Å². The number of rotatable bonds is 1. The van der Waals surface area contributed by atoms with Crippen molar-refractivity contribution in [2.24, 2.45) is 0 Å². The summed E-state index contributed by atoms with van der Waals surface area (Å²) < 4.78 is 0. The highest BCUT2D eigenvalue weighted by molar-refractivity contribution is 5.54. The highest BCUT2D eigenvalue weighted by Crippen LogP contribution is 2.15. The summed E-state index contributed by atoms with van der Waals surface area (Å²) in [6, 6.07) is 3.97. The Morgan fingerprint density at radius 2 is 2.15 bits per heavy atom. The van der Waals surface area contributed by atoms with Crippen molar-refractivity contribution in [3.8, 4) is 11.4 Å². The van der Waals surface area contributed by atoms with E-state index in [2.05, 4.69) is 21.0 Å². The molecule has 0 saturated heterocycles. The minimum Gasteiger partial charge on any atom is -0.360 e. The molecule has 2 aromatic rings. The Kier molecular flexibility index (Phi) is 1.85. The van der Waals surface area contributed by atoms with Gasteiger partial charge in [0.25, 0.3) is 0 Å². The first kappa shape index (κ1) is 7.98. The molecule has 2 aromatic heterocycles. The van der Waals surface area contributed by atoms with Crippen LogP contribution in [0.5, 0.6) is 0 Å². The van der Waals surface area contributed by atoms with E-state index >= 15 is 0 Å². The summed E-state index contributed by atoms with van der Waals surface area (Å²) in [5, 5.41) is 0. The first-order valence-corrected chi connectivity index (χ1v) is 4.21. The molecule has 0 fully saturated rings. The first-order valence-electron chi connectivity index (χ1n) is 4.21. The predicted molar refractivity (Wildman–Crippen MR) is 51.3 cm³/mol. The maximum atomic E-state index is 4.31. The fourth-order valence-electron chi connectivity index (χ4n) is 1.26. The standard InChI is InChI=1S/C10H11N3/c1-7-5-10(12-6-7)9-3-4-11-8(2)13-9/h3-6,12H,1-2H3. The van der Waals surface area contributed by atoms with E-state index in [0.717, 1.165) is 17.2 Å². The Labute approximate surface area is 76.9 Å². The van der Waals surface area contributed by atoms with Crippen LogP contribution in [0.25, 0.3) is 11.4 Å². The van der Waals surface area contributed by atoms with Crippen LogP contribution in [0.3, 0.4) is 0 Å². The molecule has 0 bridgehead atoms. The number of nitrogens with zero attached hydrogens (tertiary/aromatic N) is 2. The van der Waals surface area contributed by atoms with Crippen LogP contribution in [0.15, 0.2) is 24.5 Å². The summed E-state index contributed by atoms with van der Waals surface area (Å²) >= 11 is 0. The van der Waals surface area contributed by atoms with E-state index in [1.54, 1.807) is 6.20 Å². The molecule has 0 aliphatic heterocycles. The van der Waals surface area contributed by atoms with Crippen LogP contribution in [-0.4, -0.2) is 15.0 Å². The number of H-pyrrole nitrogens is 1. The van der Waals surface area contributed by atoms with Crippen LogP contribution in [0, 0.1) is 13.8 Å². The van der Waals surface area contributed by atoms with E-state index in [1.807, 2.05) is 26.1 Å². The topological polar surface area (TPSA) is 41.6 Å². The Bertz CT molecular complexity index is 418.